The minimum atomic E-state index is 0.471. The maximum absolute atomic E-state index is 5.22. The quantitative estimate of drug-likeness (QED) is 0.472. The molecule has 2 aliphatic rings. The Morgan fingerprint density at radius 1 is 1.44 bits per heavy atom. The predicted octanol–water partition coefficient (Wildman–Crippen LogP) is 0.409. The van der Waals surface area contributed by atoms with Crippen LogP contribution in [0.3, 0.4) is 0 Å². The minimum absolute atomic E-state index is 0.471. The molecular weight excluding hydrogens is 118 g/mol. The average molecular weight is 127 g/mol. The van der Waals surface area contributed by atoms with Crippen LogP contribution < -0.4 is 0 Å². The maximum Gasteiger partial charge on any atom is 0.127 e. The Hall–Kier alpha value is -0.570. The van der Waals surface area contributed by atoms with Gasteiger partial charge in [0.1, 0.15) is 6.61 Å². The highest BCUT2D eigenvalue weighted by Gasteiger charge is 2.26. The van der Waals surface area contributed by atoms with Crippen LogP contribution in [0.25, 0.3) is 0 Å². The summed E-state index contributed by atoms with van der Waals surface area (Å²) in [6, 6.07) is 0. The zero-order valence-corrected chi connectivity index (χ0v) is 5.17. The molecule has 0 radical (unpaired) electrons. The van der Waals surface area contributed by atoms with Gasteiger partial charge in [-0.25, -0.2) is 0 Å². The highest BCUT2D eigenvalue weighted by Crippen LogP contribution is 2.17. The van der Waals surface area contributed by atoms with Crippen LogP contribution >= 0.6 is 0 Å². The van der Waals surface area contributed by atoms with Gasteiger partial charge >= 0.3 is 0 Å². The van der Waals surface area contributed by atoms with Crippen molar-refractivity contribution in [2.75, 3.05) is 19.8 Å². The van der Waals surface area contributed by atoms with Crippen molar-refractivity contribution in [1.82, 2.24) is 0 Å². The van der Waals surface area contributed by atoms with Crippen molar-refractivity contribution in [3.8, 4) is 0 Å². The molecule has 2 aliphatic heterocycles. The molecule has 9 heavy (non-hydrogen) atoms. The van der Waals surface area contributed by atoms with Gasteiger partial charge in [0.15, 0.2) is 0 Å². The molecule has 1 saturated heterocycles. The molecule has 0 bridgehead atoms. The van der Waals surface area contributed by atoms with E-state index in [0.29, 0.717) is 5.92 Å². The fourth-order valence-corrected chi connectivity index (χ4v) is 1.18. The van der Waals surface area contributed by atoms with Crippen LogP contribution in [0.2, 0.25) is 0 Å². The minimum Gasteiger partial charge on any atom is -0.395 e. The van der Waals surface area contributed by atoms with Gasteiger partial charge in [0.05, 0.1) is 24.8 Å². The third-order valence-electron chi connectivity index (χ3n) is 1.75. The van der Waals surface area contributed by atoms with E-state index in [-0.39, 0.29) is 0 Å². The molecular formula is C6H9NO2. The Balaban J connectivity index is 2.09. The predicted molar refractivity (Wildman–Crippen MR) is 32.3 cm³/mol. The topological polar surface area (TPSA) is 30.8 Å². The van der Waals surface area contributed by atoms with Crippen LogP contribution in [0.4, 0.5) is 0 Å². The first-order chi connectivity index (χ1) is 4.47. The lowest BCUT2D eigenvalue weighted by Gasteiger charge is -2.15. The number of fused-ring (bicyclic) bond motifs is 1. The van der Waals surface area contributed by atoms with Gasteiger partial charge in [-0.2, -0.15) is 0 Å². The molecule has 0 N–H and O–H groups in total. The molecule has 2 heterocycles. The summed E-state index contributed by atoms with van der Waals surface area (Å²) in [6.07, 6.45) is 0.963. The molecule has 50 valence electrons. The van der Waals surface area contributed by atoms with Crippen LogP contribution in [0.5, 0.6) is 0 Å². The number of hydrogen-bond donors (Lipinski definition) is 0. The second-order valence-corrected chi connectivity index (χ2v) is 2.40. The van der Waals surface area contributed by atoms with E-state index in [1.807, 2.05) is 0 Å². The lowest BCUT2D eigenvalue weighted by molar-refractivity contribution is 0.0805. The second kappa shape index (κ2) is 1.99. The van der Waals surface area contributed by atoms with Crippen molar-refractivity contribution in [2.24, 2.45) is 11.1 Å². The van der Waals surface area contributed by atoms with Gasteiger partial charge in [0, 0.05) is 6.42 Å². The Bertz CT molecular complexity index is 144. The van der Waals surface area contributed by atoms with Gasteiger partial charge in [0.25, 0.3) is 0 Å². The van der Waals surface area contributed by atoms with E-state index in [1.54, 1.807) is 0 Å². The Labute approximate surface area is 53.6 Å². The molecule has 1 unspecified atom stereocenters. The largest absolute Gasteiger partial charge is 0.395 e. The van der Waals surface area contributed by atoms with Gasteiger partial charge < -0.3 is 9.57 Å². The van der Waals surface area contributed by atoms with Crippen molar-refractivity contribution < 1.29 is 9.57 Å². The summed E-state index contributed by atoms with van der Waals surface area (Å²) in [6.45, 7) is 2.35. The summed E-state index contributed by atoms with van der Waals surface area (Å²) in [5.41, 5.74) is 1.20. The molecule has 0 aromatic heterocycles. The molecule has 0 aromatic rings. The summed E-state index contributed by atoms with van der Waals surface area (Å²) < 4.78 is 5.22. The summed E-state index contributed by atoms with van der Waals surface area (Å²) >= 11 is 0. The Morgan fingerprint density at radius 2 is 2.44 bits per heavy atom. The zero-order valence-electron chi connectivity index (χ0n) is 5.17. The second-order valence-electron chi connectivity index (χ2n) is 2.40. The van der Waals surface area contributed by atoms with Gasteiger partial charge in [-0.3, -0.25) is 0 Å². The van der Waals surface area contributed by atoms with E-state index < -0.39 is 0 Å². The molecule has 3 nitrogen and oxygen atoms in total. The highest BCUT2D eigenvalue weighted by molar-refractivity contribution is 5.88. The number of ether oxygens (including phenoxy) is 1. The average Bonchev–Trinajstić information content (AvgIpc) is 2.33. The van der Waals surface area contributed by atoms with Crippen LogP contribution in [-0.2, 0) is 9.57 Å². The molecule has 0 amide bonds. The smallest absolute Gasteiger partial charge is 0.127 e. The molecule has 2 rings (SSSR count). The first-order valence-electron chi connectivity index (χ1n) is 3.23. The molecule has 0 aliphatic carbocycles. The van der Waals surface area contributed by atoms with Crippen LogP contribution in [0.1, 0.15) is 6.42 Å². The lowest BCUT2D eigenvalue weighted by Crippen LogP contribution is -2.26. The number of hydrogen-bond acceptors (Lipinski definition) is 3. The molecule has 0 saturated carbocycles. The Kier molecular flexibility index (Phi) is 1.16. The number of nitrogens with zero attached hydrogens (tertiary/aromatic N) is 1. The van der Waals surface area contributed by atoms with Crippen LogP contribution in [0.15, 0.2) is 5.16 Å². The van der Waals surface area contributed by atoms with Crippen molar-refractivity contribution in [1.29, 1.82) is 0 Å². The molecule has 0 aromatic carbocycles. The lowest BCUT2D eigenvalue weighted by atomic mass is 10.0. The molecule has 1 fully saturated rings. The summed E-state index contributed by atoms with van der Waals surface area (Å²) in [7, 11) is 0. The van der Waals surface area contributed by atoms with E-state index in [9.17, 15) is 0 Å². The first-order valence-corrected chi connectivity index (χ1v) is 3.23. The van der Waals surface area contributed by atoms with E-state index in [0.717, 1.165) is 26.2 Å². The fraction of sp³-hybridized carbons (Fsp3) is 0.833. The zero-order chi connectivity index (χ0) is 6.10. The van der Waals surface area contributed by atoms with Crippen molar-refractivity contribution in [2.45, 2.75) is 6.42 Å². The monoisotopic (exact) mass is 127 g/mol. The maximum atomic E-state index is 5.22. The standard InChI is InChI=1S/C6H9NO2/c1-2-8-3-5-4-9-7-6(1)5/h5H,1-4H2. The van der Waals surface area contributed by atoms with Gasteiger partial charge in [0.2, 0.25) is 0 Å². The van der Waals surface area contributed by atoms with E-state index in [1.165, 1.54) is 5.71 Å². The van der Waals surface area contributed by atoms with Gasteiger partial charge in [-0.1, -0.05) is 5.16 Å². The third kappa shape index (κ3) is 0.812. The SMILES string of the molecule is C1CC2=NOCC2CO1. The third-order valence-corrected chi connectivity index (χ3v) is 1.75. The van der Waals surface area contributed by atoms with Crippen LogP contribution in [-0.4, -0.2) is 25.5 Å². The molecule has 3 heteroatoms. The summed E-state index contributed by atoms with van der Waals surface area (Å²) in [5, 5.41) is 3.89. The molecule has 0 spiro atoms. The summed E-state index contributed by atoms with van der Waals surface area (Å²) in [4.78, 5) is 4.90. The van der Waals surface area contributed by atoms with E-state index >= 15 is 0 Å². The van der Waals surface area contributed by atoms with Crippen LogP contribution in [0, 0.1) is 5.92 Å². The van der Waals surface area contributed by atoms with Crippen molar-refractivity contribution in [3.63, 3.8) is 0 Å². The first kappa shape index (κ1) is 5.23. The summed E-state index contributed by atoms with van der Waals surface area (Å²) in [5.74, 6) is 0.471. The van der Waals surface area contributed by atoms with Gasteiger partial charge in [-0.05, 0) is 0 Å². The fourth-order valence-electron chi connectivity index (χ4n) is 1.18. The number of rotatable bonds is 0. The van der Waals surface area contributed by atoms with E-state index in [4.69, 9.17) is 9.57 Å². The van der Waals surface area contributed by atoms with Crippen molar-refractivity contribution >= 4 is 5.71 Å². The Morgan fingerprint density at radius 3 is 3.33 bits per heavy atom. The van der Waals surface area contributed by atoms with Gasteiger partial charge in [-0.15, -0.1) is 0 Å². The normalized spacial score (nSPS) is 32.9. The van der Waals surface area contributed by atoms with E-state index in [2.05, 4.69) is 5.16 Å². The highest BCUT2D eigenvalue weighted by atomic mass is 16.6. The molecule has 1 atom stereocenters. The number of oxime groups is 1. The van der Waals surface area contributed by atoms with Crippen molar-refractivity contribution in [3.05, 3.63) is 0 Å².